The van der Waals surface area contributed by atoms with Gasteiger partial charge in [-0.05, 0) is 47.2 Å². The SMILES string of the molecule is CC(C)NC(C)(CCCN1CCN(C)CC1)C(N)=O. The lowest BCUT2D eigenvalue weighted by molar-refractivity contribution is -0.124. The number of nitrogens with two attached hydrogens (primary N) is 1. The third kappa shape index (κ3) is 5.47. The molecule has 1 aliphatic heterocycles. The molecule has 1 fully saturated rings. The van der Waals surface area contributed by atoms with Crippen LogP contribution in [0, 0.1) is 0 Å². The van der Waals surface area contributed by atoms with E-state index in [2.05, 4.69) is 22.2 Å². The number of primary amides is 1. The summed E-state index contributed by atoms with van der Waals surface area (Å²) in [7, 11) is 2.16. The van der Waals surface area contributed by atoms with Crippen molar-refractivity contribution in [1.29, 1.82) is 0 Å². The molecule has 1 aliphatic rings. The Hall–Kier alpha value is -0.650. The van der Waals surface area contributed by atoms with E-state index in [-0.39, 0.29) is 11.9 Å². The number of rotatable bonds is 7. The molecule has 1 unspecified atom stereocenters. The van der Waals surface area contributed by atoms with Gasteiger partial charge in [-0.2, -0.15) is 0 Å². The second-order valence-electron chi connectivity index (χ2n) is 6.24. The Balaban J connectivity index is 2.34. The van der Waals surface area contributed by atoms with Crippen LogP contribution in [0.5, 0.6) is 0 Å². The minimum Gasteiger partial charge on any atom is -0.368 e. The molecule has 0 saturated carbocycles. The molecule has 1 saturated heterocycles. The second kappa shape index (κ2) is 7.22. The van der Waals surface area contributed by atoms with Gasteiger partial charge in [-0.3, -0.25) is 4.79 Å². The average Bonchev–Trinajstić information content (AvgIpc) is 2.30. The van der Waals surface area contributed by atoms with Gasteiger partial charge in [0.2, 0.25) is 5.91 Å². The molecule has 1 heterocycles. The molecule has 5 nitrogen and oxygen atoms in total. The summed E-state index contributed by atoms with van der Waals surface area (Å²) in [5, 5.41) is 3.30. The summed E-state index contributed by atoms with van der Waals surface area (Å²) in [6, 6.07) is 0.265. The number of likely N-dealkylation sites (N-methyl/N-ethyl adjacent to an activating group) is 1. The van der Waals surface area contributed by atoms with E-state index in [1.54, 1.807) is 0 Å². The van der Waals surface area contributed by atoms with Crippen molar-refractivity contribution in [3.8, 4) is 0 Å². The van der Waals surface area contributed by atoms with Crippen LogP contribution in [0.4, 0.5) is 0 Å². The van der Waals surface area contributed by atoms with Gasteiger partial charge in [-0.1, -0.05) is 0 Å². The molecular weight excluding hydrogens is 240 g/mol. The highest BCUT2D eigenvalue weighted by atomic mass is 16.1. The number of piperazine rings is 1. The maximum Gasteiger partial charge on any atom is 0.237 e. The van der Waals surface area contributed by atoms with Crippen LogP contribution >= 0.6 is 0 Å². The summed E-state index contributed by atoms with van der Waals surface area (Å²) >= 11 is 0. The van der Waals surface area contributed by atoms with Gasteiger partial charge in [0.15, 0.2) is 0 Å². The Labute approximate surface area is 117 Å². The van der Waals surface area contributed by atoms with Gasteiger partial charge in [0.25, 0.3) is 0 Å². The molecule has 0 aromatic rings. The first-order valence-electron chi connectivity index (χ1n) is 7.32. The highest BCUT2D eigenvalue weighted by molar-refractivity contribution is 5.84. The Morgan fingerprint density at radius 3 is 2.37 bits per heavy atom. The zero-order chi connectivity index (χ0) is 14.5. The van der Waals surface area contributed by atoms with E-state index in [1.165, 1.54) is 0 Å². The van der Waals surface area contributed by atoms with Crippen LogP contribution in [-0.4, -0.2) is 67.1 Å². The topological polar surface area (TPSA) is 61.6 Å². The van der Waals surface area contributed by atoms with Crippen molar-refractivity contribution in [3.63, 3.8) is 0 Å². The molecule has 3 N–H and O–H groups in total. The molecule has 1 amide bonds. The van der Waals surface area contributed by atoms with Crippen molar-refractivity contribution >= 4 is 5.91 Å². The highest BCUT2D eigenvalue weighted by Gasteiger charge is 2.31. The predicted molar refractivity (Wildman–Crippen MR) is 79.0 cm³/mol. The molecule has 0 aliphatic carbocycles. The lowest BCUT2D eigenvalue weighted by Gasteiger charge is -2.34. The van der Waals surface area contributed by atoms with Gasteiger partial charge >= 0.3 is 0 Å². The van der Waals surface area contributed by atoms with Gasteiger partial charge in [-0.15, -0.1) is 0 Å². The quantitative estimate of drug-likeness (QED) is 0.696. The number of hydrogen-bond donors (Lipinski definition) is 2. The van der Waals surface area contributed by atoms with Crippen LogP contribution < -0.4 is 11.1 Å². The molecule has 1 rings (SSSR count). The van der Waals surface area contributed by atoms with Crippen molar-refractivity contribution in [2.45, 2.75) is 45.2 Å². The Kier molecular flexibility index (Phi) is 6.23. The summed E-state index contributed by atoms with van der Waals surface area (Å²) in [5.41, 5.74) is 4.95. The maximum absolute atomic E-state index is 11.6. The van der Waals surface area contributed by atoms with Gasteiger partial charge < -0.3 is 20.9 Å². The minimum absolute atomic E-state index is 0.250. The molecule has 0 bridgehead atoms. The molecule has 19 heavy (non-hydrogen) atoms. The summed E-state index contributed by atoms with van der Waals surface area (Å²) < 4.78 is 0. The van der Waals surface area contributed by atoms with Gasteiger partial charge in [-0.25, -0.2) is 0 Å². The first kappa shape index (κ1) is 16.4. The maximum atomic E-state index is 11.6. The van der Waals surface area contributed by atoms with E-state index in [0.29, 0.717) is 0 Å². The number of carbonyl (C=O) groups excluding carboxylic acids is 1. The fourth-order valence-corrected chi connectivity index (χ4v) is 2.63. The molecule has 0 aromatic heterocycles. The molecule has 0 radical (unpaired) electrons. The first-order valence-corrected chi connectivity index (χ1v) is 7.32. The van der Waals surface area contributed by atoms with Crippen molar-refractivity contribution in [1.82, 2.24) is 15.1 Å². The van der Waals surface area contributed by atoms with E-state index >= 15 is 0 Å². The number of amides is 1. The van der Waals surface area contributed by atoms with Crippen molar-refractivity contribution in [3.05, 3.63) is 0 Å². The molecule has 0 spiro atoms. The molecule has 112 valence electrons. The van der Waals surface area contributed by atoms with Crippen LogP contribution in [0.15, 0.2) is 0 Å². The lowest BCUT2D eigenvalue weighted by atomic mass is 9.93. The zero-order valence-electron chi connectivity index (χ0n) is 12.9. The van der Waals surface area contributed by atoms with Crippen LogP contribution in [0.3, 0.4) is 0 Å². The van der Waals surface area contributed by atoms with Gasteiger partial charge in [0.1, 0.15) is 0 Å². The number of hydrogen-bond acceptors (Lipinski definition) is 4. The van der Waals surface area contributed by atoms with Gasteiger partial charge in [0, 0.05) is 32.2 Å². The zero-order valence-corrected chi connectivity index (χ0v) is 12.9. The third-order valence-corrected chi connectivity index (χ3v) is 3.90. The summed E-state index contributed by atoms with van der Waals surface area (Å²) in [6.07, 6.45) is 1.80. The number of carbonyl (C=O) groups is 1. The van der Waals surface area contributed by atoms with Crippen LogP contribution in [0.2, 0.25) is 0 Å². The van der Waals surface area contributed by atoms with Crippen LogP contribution in [0.25, 0.3) is 0 Å². The molecular formula is C14H30N4O. The van der Waals surface area contributed by atoms with Crippen LogP contribution in [-0.2, 0) is 4.79 Å². The van der Waals surface area contributed by atoms with E-state index in [0.717, 1.165) is 45.6 Å². The van der Waals surface area contributed by atoms with E-state index in [1.807, 2.05) is 20.8 Å². The highest BCUT2D eigenvalue weighted by Crippen LogP contribution is 2.14. The minimum atomic E-state index is -0.583. The van der Waals surface area contributed by atoms with Crippen molar-refractivity contribution < 1.29 is 4.79 Å². The normalized spacial score (nSPS) is 21.5. The Bertz CT molecular complexity index is 287. The summed E-state index contributed by atoms with van der Waals surface area (Å²) in [5.74, 6) is -0.250. The fourth-order valence-electron chi connectivity index (χ4n) is 2.63. The Morgan fingerprint density at radius 1 is 1.32 bits per heavy atom. The largest absolute Gasteiger partial charge is 0.368 e. The summed E-state index contributed by atoms with van der Waals surface area (Å²) in [6.45, 7) is 11.6. The monoisotopic (exact) mass is 270 g/mol. The van der Waals surface area contributed by atoms with E-state index in [9.17, 15) is 4.79 Å². The lowest BCUT2D eigenvalue weighted by Crippen LogP contribution is -2.55. The molecule has 1 atom stereocenters. The van der Waals surface area contributed by atoms with Crippen LogP contribution in [0.1, 0.15) is 33.6 Å². The number of nitrogens with one attached hydrogen (secondary N) is 1. The fraction of sp³-hybridized carbons (Fsp3) is 0.929. The van der Waals surface area contributed by atoms with Gasteiger partial charge in [0.05, 0.1) is 5.54 Å². The van der Waals surface area contributed by atoms with Crippen molar-refractivity contribution in [2.24, 2.45) is 5.73 Å². The smallest absolute Gasteiger partial charge is 0.237 e. The Morgan fingerprint density at radius 2 is 1.89 bits per heavy atom. The number of nitrogens with zero attached hydrogens (tertiary/aromatic N) is 2. The second-order valence-corrected chi connectivity index (χ2v) is 6.24. The standard InChI is InChI=1S/C14H30N4O/c1-12(2)16-14(3,13(15)19)6-5-7-18-10-8-17(4)9-11-18/h12,16H,5-11H2,1-4H3,(H2,15,19). The summed E-state index contributed by atoms with van der Waals surface area (Å²) in [4.78, 5) is 16.4. The molecule has 0 aromatic carbocycles. The average molecular weight is 270 g/mol. The first-order chi connectivity index (χ1) is 8.83. The van der Waals surface area contributed by atoms with Crippen molar-refractivity contribution in [2.75, 3.05) is 39.8 Å². The third-order valence-electron chi connectivity index (χ3n) is 3.90. The molecule has 5 heteroatoms. The van der Waals surface area contributed by atoms with E-state index < -0.39 is 5.54 Å². The predicted octanol–water partition coefficient (Wildman–Crippen LogP) is 0.256. The van der Waals surface area contributed by atoms with E-state index in [4.69, 9.17) is 5.73 Å².